The lowest BCUT2D eigenvalue weighted by Gasteiger charge is -2.07. The second kappa shape index (κ2) is 8.25. The third kappa shape index (κ3) is 3.76. The van der Waals surface area contributed by atoms with Crippen molar-refractivity contribution >= 4 is 11.9 Å². The lowest BCUT2D eigenvalue weighted by molar-refractivity contribution is 0.402. The van der Waals surface area contributed by atoms with Crippen LogP contribution in [0.25, 0.3) is 11.4 Å². The zero-order chi connectivity index (χ0) is 19.3. The molecule has 1 aliphatic rings. The molecule has 2 heterocycles. The molecule has 2 aromatic carbocycles. The molecule has 0 saturated heterocycles. The topological polar surface area (TPSA) is 61.5 Å². The van der Waals surface area contributed by atoms with Crippen molar-refractivity contribution in [2.45, 2.75) is 32.2 Å². The van der Waals surface area contributed by atoms with E-state index in [0.29, 0.717) is 0 Å². The molecule has 0 atom stereocenters. The number of rotatable bonds is 5. The number of aryl methyl sites for hydroxylation is 1. The molecule has 0 amide bonds. The highest BCUT2D eigenvalue weighted by atomic mass is 16.5. The number of benzene rings is 2. The summed E-state index contributed by atoms with van der Waals surface area (Å²) in [7, 11) is 3.29. The molecule has 1 aliphatic heterocycles. The molecule has 144 valence electrons. The van der Waals surface area contributed by atoms with Crippen molar-refractivity contribution in [1.29, 1.82) is 0 Å². The van der Waals surface area contributed by atoms with Crippen molar-refractivity contribution < 1.29 is 9.47 Å². The first-order valence-electron chi connectivity index (χ1n) is 9.57. The molecule has 0 unspecified atom stereocenters. The Bertz CT molecular complexity index is 977. The van der Waals surface area contributed by atoms with Gasteiger partial charge in [-0.1, -0.05) is 6.42 Å². The standard InChI is InChI=1S/C22H24N4O2/c1-27-19-11-12-20(28-2)17(14-19)15-23-18-9-7-16(8-10-18)22-25-24-21-6-4-3-5-13-26(21)22/h7-12,14-15H,3-6,13H2,1-2H3. The summed E-state index contributed by atoms with van der Waals surface area (Å²) in [5.41, 5.74) is 2.80. The van der Waals surface area contributed by atoms with Gasteiger partial charge in [0.25, 0.3) is 0 Å². The SMILES string of the molecule is COc1ccc(OC)c(C=Nc2ccc(-c3nnc4n3CCCCC4)cc2)c1. The largest absolute Gasteiger partial charge is 0.497 e. The fourth-order valence-electron chi connectivity index (χ4n) is 3.48. The minimum Gasteiger partial charge on any atom is -0.497 e. The van der Waals surface area contributed by atoms with Gasteiger partial charge in [-0.05, 0) is 55.3 Å². The van der Waals surface area contributed by atoms with Crippen LogP contribution in [0.1, 0.15) is 30.7 Å². The molecule has 0 aliphatic carbocycles. The average molecular weight is 376 g/mol. The summed E-state index contributed by atoms with van der Waals surface area (Å²) in [6.07, 6.45) is 6.43. The predicted molar refractivity (Wildman–Crippen MR) is 110 cm³/mol. The Kier molecular flexibility index (Phi) is 5.37. The number of aromatic nitrogens is 3. The second-order valence-electron chi connectivity index (χ2n) is 6.82. The molecular formula is C22H24N4O2. The summed E-state index contributed by atoms with van der Waals surface area (Å²) in [4.78, 5) is 4.58. The summed E-state index contributed by atoms with van der Waals surface area (Å²) < 4.78 is 12.9. The van der Waals surface area contributed by atoms with Crippen molar-refractivity contribution in [2.75, 3.05) is 14.2 Å². The first-order valence-corrected chi connectivity index (χ1v) is 9.57. The summed E-state index contributed by atoms with van der Waals surface area (Å²) >= 11 is 0. The molecule has 0 fully saturated rings. The maximum Gasteiger partial charge on any atom is 0.163 e. The van der Waals surface area contributed by atoms with Gasteiger partial charge in [-0.25, -0.2) is 0 Å². The van der Waals surface area contributed by atoms with E-state index in [1.165, 1.54) is 19.3 Å². The van der Waals surface area contributed by atoms with Gasteiger partial charge in [0.05, 0.1) is 19.9 Å². The fraction of sp³-hybridized carbons (Fsp3) is 0.318. The first-order chi connectivity index (χ1) is 13.8. The van der Waals surface area contributed by atoms with Gasteiger partial charge in [0.2, 0.25) is 0 Å². The van der Waals surface area contributed by atoms with Crippen LogP contribution in [0.4, 0.5) is 5.69 Å². The summed E-state index contributed by atoms with van der Waals surface area (Å²) in [5, 5.41) is 8.80. The molecule has 0 saturated carbocycles. The highest BCUT2D eigenvalue weighted by Crippen LogP contribution is 2.26. The zero-order valence-electron chi connectivity index (χ0n) is 16.3. The average Bonchev–Trinajstić information content (AvgIpc) is 3.00. The van der Waals surface area contributed by atoms with Gasteiger partial charge in [-0.2, -0.15) is 0 Å². The Morgan fingerprint density at radius 2 is 1.82 bits per heavy atom. The van der Waals surface area contributed by atoms with E-state index in [4.69, 9.17) is 9.47 Å². The third-order valence-electron chi connectivity index (χ3n) is 5.02. The first kappa shape index (κ1) is 18.2. The fourth-order valence-corrected chi connectivity index (χ4v) is 3.48. The van der Waals surface area contributed by atoms with Crippen LogP contribution in [0.15, 0.2) is 47.5 Å². The van der Waals surface area contributed by atoms with Gasteiger partial charge in [0.1, 0.15) is 17.3 Å². The minimum absolute atomic E-state index is 0.757. The van der Waals surface area contributed by atoms with Crippen molar-refractivity contribution in [2.24, 2.45) is 4.99 Å². The van der Waals surface area contributed by atoms with Crippen LogP contribution in [0.5, 0.6) is 11.5 Å². The number of ether oxygens (including phenoxy) is 2. The Balaban J connectivity index is 1.56. The molecule has 6 heteroatoms. The molecule has 0 radical (unpaired) electrons. The van der Waals surface area contributed by atoms with Gasteiger partial charge >= 0.3 is 0 Å². The van der Waals surface area contributed by atoms with E-state index in [9.17, 15) is 0 Å². The lowest BCUT2D eigenvalue weighted by Crippen LogP contribution is -2.02. The number of fused-ring (bicyclic) bond motifs is 1. The van der Waals surface area contributed by atoms with E-state index in [1.807, 2.05) is 30.3 Å². The number of hydrogen-bond donors (Lipinski definition) is 0. The number of aliphatic imine (C=N–C) groups is 1. The molecular weight excluding hydrogens is 352 g/mol. The van der Waals surface area contributed by atoms with E-state index >= 15 is 0 Å². The molecule has 1 aromatic heterocycles. The van der Waals surface area contributed by atoms with E-state index in [2.05, 4.69) is 31.9 Å². The van der Waals surface area contributed by atoms with Crippen LogP contribution in [0.3, 0.4) is 0 Å². The van der Waals surface area contributed by atoms with Crippen molar-refractivity contribution in [3.63, 3.8) is 0 Å². The lowest BCUT2D eigenvalue weighted by atomic mass is 10.2. The van der Waals surface area contributed by atoms with Gasteiger partial charge < -0.3 is 14.0 Å². The quantitative estimate of drug-likeness (QED) is 0.618. The van der Waals surface area contributed by atoms with Crippen LogP contribution >= 0.6 is 0 Å². The smallest absolute Gasteiger partial charge is 0.163 e. The van der Waals surface area contributed by atoms with Crippen LogP contribution in [-0.2, 0) is 13.0 Å². The Labute approximate surface area is 164 Å². The van der Waals surface area contributed by atoms with E-state index in [0.717, 1.165) is 52.9 Å². The predicted octanol–water partition coefficient (Wildman–Crippen LogP) is 4.44. The van der Waals surface area contributed by atoms with E-state index < -0.39 is 0 Å². The number of hydrogen-bond acceptors (Lipinski definition) is 5. The van der Waals surface area contributed by atoms with Gasteiger partial charge in [-0.15, -0.1) is 10.2 Å². The van der Waals surface area contributed by atoms with Gasteiger partial charge in [0, 0.05) is 30.3 Å². The summed E-state index contributed by atoms with van der Waals surface area (Å²) in [6.45, 7) is 0.993. The Hall–Kier alpha value is -3.15. The van der Waals surface area contributed by atoms with Crippen molar-refractivity contribution in [1.82, 2.24) is 14.8 Å². The molecule has 6 nitrogen and oxygen atoms in total. The van der Waals surface area contributed by atoms with E-state index in [1.54, 1.807) is 20.4 Å². The highest BCUT2D eigenvalue weighted by molar-refractivity contribution is 5.86. The molecule has 0 bridgehead atoms. The molecule has 3 aromatic rings. The van der Waals surface area contributed by atoms with Crippen LogP contribution in [0.2, 0.25) is 0 Å². The molecule has 0 N–H and O–H groups in total. The van der Waals surface area contributed by atoms with Gasteiger partial charge in [-0.3, -0.25) is 4.99 Å². The normalized spacial score (nSPS) is 13.9. The summed E-state index contributed by atoms with van der Waals surface area (Å²) in [5.74, 6) is 3.57. The summed E-state index contributed by atoms with van der Waals surface area (Å²) in [6, 6.07) is 13.7. The number of nitrogens with zero attached hydrogens (tertiary/aromatic N) is 4. The maximum absolute atomic E-state index is 5.40. The second-order valence-corrected chi connectivity index (χ2v) is 6.82. The highest BCUT2D eigenvalue weighted by Gasteiger charge is 2.15. The van der Waals surface area contributed by atoms with Crippen molar-refractivity contribution in [3.8, 4) is 22.9 Å². The third-order valence-corrected chi connectivity index (χ3v) is 5.02. The molecule has 4 rings (SSSR count). The Morgan fingerprint density at radius 3 is 2.61 bits per heavy atom. The minimum atomic E-state index is 0.757. The van der Waals surface area contributed by atoms with Crippen LogP contribution in [0, 0.1) is 0 Å². The van der Waals surface area contributed by atoms with Crippen LogP contribution < -0.4 is 9.47 Å². The monoisotopic (exact) mass is 376 g/mol. The van der Waals surface area contributed by atoms with Crippen LogP contribution in [-0.4, -0.2) is 35.2 Å². The maximum atomic E-state index is 5.40. The van der Waals surface area contributed by atoms with Gasteiger partial charge in [0.15, 0.2) is 5.82 Å². The van der Waals surface area contributed by atoms with E-state index in [-0.39, 0.29) is 0 Å². The number of methoxy groups -OCH3 is 2. The Morgan fingerprint density at radius 1 is 0.964 bits per heavy atom. The van der Waals surface area contributed by atoms with Crippen molar-refractivity contribution in [3.05, 3.63) is 53.9 Å². The zero-order valence-corrected chi connectivity index (χ0v) is 16.3. The molecule has 28 heavy (non-hydrogen) atoms. The molecule has 0 spiro atoms.